The number of ether oxygens (including phenoxy) is 1. The second kappa shape index (κ2) is 9.64. The Balaban J connectivity index is 1.52. The van der Waals surface area contributed by atoms with Gasteiger partial charge in [0.2, 0.25) is 5.91 Å². The van der Waals surface area contributed by atoms with Crippen molar-refractivity contribution in [2.24, 2.45) is 5.92 Å². The van der Waals surface area contributed by atoms with E-state index in [4.69, 9.17) is 4.74 Å². The van der Waals surface area contributed by atoms with Crippen molar-refractivity contribution in [1.29, 1.82) is 0 Å². The molecule has 0 radical (unpaired) electrons. The molecule has 5 nitrogen and oxygen atoms in total. The Hall–Kier alpha value is -3.67. The van der Waals surface area contributed by atoms with Crippen LogP contribution in [0.1, 0.15) is 27.4 Å². The first-order valence-corrected chi connectivity index (χ1v) is 10.6. The Labute approximate surface area is 186 Å². The molecule has 0 saturated carbocycles. The van der Waals surface area contributed by atoms with Gasteiger partial charge < -0.3 is 15.0 Å². The van der Waals surface area contributed by atoms with Gasteiger partial charge in [-0.3, -0.25) is 9.59 Å². The summed E-state index contributed by atoms with van der Waals surface area (Å²) in [5.74, 6) is -0.441. The van der Waals surface area contributed by atoms with Gasteiger partial charge in [0.15, 0.2) is 0 Å². The molecule has 1 saturated heterocycles. The number of hydrogen-bond donors (Lipinski definition) is 1. The second-order valence-corrected chi connectivity index (χ2v) is 7.91. The fourth-order valence-corrected chi connectivity index (χ4v) is 4.13. The van der Waals surface area contributed by atoms with Crippen molar-refractivity contribution in [3.8, 4) is 5.75 Å². The first kappa shape index (κ1) is 21.6. The molecule has 2 atom stereocenters. The zero-order valence-corrected chi connectivity index (χ0v) is 17.8. The number of hydrogen-bond acceptors (Lipinski definition) is 3. The standard InChI is InChI=1S/C26H25FN2O3/c1-32-22-9-5-8-20(14-22)26(31)29-16-23(19-6-3-2-4-7-19)24(17-29)25(30)28-15-18-10-12-21(27)13-11-18/h2-14,23-24H,15-17H2,1H3,(H,28,30)/t23-,24+/m1/s1. The van der Waals surface area contributed by atoms with Gasteiger partial charge in [0.05, 0.1) is 13.0 Å². The molecule has 1 aliphatic heterocycles. The van der Waals surface area contributed by atoms with E-state index in [2.05, 4.69) is 5.32 Å². The number of methoxy groups -OCH3 is 1. The van der Waals surface area contributed by atoms with Crippen LogP contribution in [0.2, 0.25) is 0 Å². The molecule has 164 valence electrons. The van der Waals surface area contributed by atoms with Crippen molar-refractivity contribution >= 4 is 11.8 Å². The molecule has 0 aromatic heterocycles. The van der Waals surface area contributed by atoms with E-state index < -0.39 is 0 Å². The van der Waals surface area contributed by atoms with Crippen molar-refractivity contribution in [3.63, 3.8) is 0 Å². The number of amides is 2. The van der Waals surface area contributed by atoms with E-state index in [1.807, 2.05) is 30.3 Å². The summed E-state index contributed by atoms with van der Waals surface area (Å²) in [5, 5.41) is 2.96. The smallest absolute Gasteiger partial charge is 0.254 e. The summed E-state index contributed by atoms with van der Waals surface area (Å²) in [5.41, 5.74) is 2.37. The average Bonchev–Trinajstić information content (AvgIpc) is 3.29. The summed E-state index contributed by atoms with van der Waals surface area (Å²) in [6, 6.07) is 22.9. The van der Waals surface area contributed by atoms with Gasteiger partial charge >= 0.3 is 0 Å². The van der Waals surface area contributed by atoms with E-state index in [9.17, 15) is 14.0 Å². The number of rotatable bonds is 6. The van der Waals surface area contributed by atoms with Crippen LogP contribution < -0.4 is 10.1 Å². The first-order valence-electron chi connectivity index (χ1n) is 10.6. The Kier molecular flexibility index (Phi) is 6.50. The number of benzene rings is 3. The lowest BCUT2D eigenvalue weighted by Crippen LogP contribution is -2.35. The predicted octanol–water partition coefficient (Wildman–Crippen LogP) is 4.01. The molecule has 0 bridgehead atoms. The molecule has 1 aliphatic rings. The van der Waals surface area contributed by atoms with Crippen LogP contribution in [0.5, 0.6) is 5.75 Å². The monoisotopic (exact) mass is 432 g/mol. The minimum Gasteiger partial charge on any atom is -0.497 e. The number of nitrogens with one attached hydrogen (secondary N) is 1. The first-order chi connectivity index (χ1) is 15.5. The predicted molar refractivity (Wildman–Crippen MR) is 120 cm³/mol. The SMILES string of the molecule is COc1cccc(C(=O)N2C[C@H](C(=O)NCc3ccc(F)cc3)[C@@H](c3ccccc3)C2)c1. The molecule has 3 aromatic carbocycles. The summed E-state index contributed by atoms with van der Waals surface area (Å²) < 4.78 is 18.4. The van der Waals surface area contributed by atoms with Gasteiger partial charge in [-0.25, -0.2) is 4.39 Å². The van der Waals surface area contributed by atoms with Gasteiger partial charge in [0, 0.05) is 31.1 Å². The van der Waals surface area contributed by atoms with Gasteiger partial charge in [-0.2, -0.15) is 0 Å². The topological polar surface area (TPSA) is 58.6 Å². The molecule has 1 N–H and O–H groups in total. The molecule has 4 rings (SSSR count). The Morgan fingerprint density at radius 1 is 1.00 bits per heavy atom. The molecular formula is C26H25FN2O3. The average molecular weight is 432 g/mol. The zero-order chi connectivity index (χ0) is 22.5. The van der Waals surface area contributed by atoms with Gasteiger partial charge in [0.25, 0.3) is 5.91 Å². The van der Waals surface area contributed by atoms with Crippen molar-refractivity contribution in [1.82, 2.24) is 10.2 Å². The van der Waals surface area contributed by atoms with Gasteiger partial charge in [0.1, 0.15) is 11.6 Å². The van der Waals surface area contributed by atoms with Crippen molar-refractivity contribution < 1.29 is 18.7 Å². The fourth-order valence-electron chi connectivity index (χ4n) is 4.13. The highest BCUT2D eigenvalue weighted by Crippen LogP contribution is 2.34. The molecule has 32 heavy (non-hydrogen) atoms. The maximum atomic E-state index is 13.2. The molecule has 0 aliphatic carbocycles. The van der Waals surface area contributed by atoms with Gasteiger partial charge in [-0.05, 0) is 41.5 Å². The third-order valence-corrected chi connectivity index (χ3v) is 5.87. The molecule has 1 fully saturated rings. The van der Waals surface area contributed by atoms with Crippen LogP contribution in [0.3, 0.4) is 0 Å². The van der Waals surface area contributed by atoms with Crippen LogP contribution in [0, 0.1) is 11.7 Å². The number of nitrogens with zero attached hydrogens (tertiary/aromatic N) is 1. The third-order valence-electron chi connectivity index (χ3n) is 5.87. The molecule has 3 aromatic rings. The minimum absolute atomic E-state index is 0.112. The number of carbonyl (C=O) groups is 2. The molecule has 2 amide bonds. The van der Waals surface area contributed by atoms with E-state index >= 15 is 0 Å². The van der Waals surface area contributed by atoms with E-state index in [1.165, 1.54) is 12.1 Å². The highest BCUT2D eigenvalue weighted by Gasteiger charge is 2.40. The lowest BCUT2D eigenvalue weighted by atomic mass is 9.88. The highest BCUT2D eigenvalue weighted by atomic mass is 19.1. The van der Waals surface area contributed by atoms with Crippen LogP contribution in [0.25, 0.3) is 0 Å². The van der Waals surface area contributed by atoms with E-state index in [1.54, 1.807) is 48.4 Å². The maximum Gasteiger partial charge on any atom is 0.254 e. The minimum atomic E-state index is -0.382. The summed E-state index contributed by atoms with van der Waals surface area (Å²) >= 11 is 0. The van der Waals surface area contributed by atoms with Crippen LogP contribution in [-0.2, 0) is 11.3 Å². The maximum absolute atomic E-state index is 13.2. The third kappa shape index (κ3) is 4.80. The molecular weight excluding hydrogens is 407 g/mol. The van der Waals surface area contributed by atoms with Crippen LogP contribution >= 0.6 is 0 Å². The summed E-state index contributed by atoms with van der Waals surface area (Å²) in [7, 11) is 1.56. The van der Waals surface area contributed by atoms with Crippen molar-refractivity contribution in [3.05, 3.63) is 101 Å². The molecule has 0 unspecified atom stereocenters. The van der Waals surface area contributed by atoms with Gasteiger partial charge in [-0.1, -0.05) is 48.5 Å². The highest BCUT2D eigenvalue weighted by molar-refractivity contribution is 5.95. The summed E-state index contributed by atoms with van der Waals surface area (Å²) in [4.78, 5) is 28.0. The molecule has 6 heteroatoms. The van der Waals surface area contributed by atoms with Crippen LogP contribution in [0.15, 0.2) is 78.9 Å². The Morgan fingerprint density at radius 3 is 2.47 bits per heavy atom. The van der Waals surface area contributed by atoms with Crippen LogP contribution in [0.4, 0.5) is 4.39 Å². The number of carbonyl (C=O) groups excluding carboxylic acids is 2. The quantitative estimate of drug-likeness (QED) is 0.640. The largest absolute Gasteiger partial charge is 0.497 e. The summed E-state index contributed by atoms with van der Waals surface area (Å²) in [6.45, 7) is 1.08. The molecule has 1 heterocycles. The lowest BCUT2D eigenvalue weighted by molar-refractivity contribution is -0.125. The fraction of sp³-hybridized carbons (Fsp3) is 0.231. The Bertz CT molecular complexity index is 1090. The second-order valence-electron chi connectivity index (χ2n) is 7.91. The zero-order valence-electron chi connectivity index (χ0n) is 17.8. The normalized spacial score (nSPS) is 17.8. The van der Waals surface area contributed by atoms with Crippen LogP contribution in [-0.4, -0.2) is 36.9 Å². The van der Waals surface area contributed by atoms with Gasteiger partial charge in [-0.15, -0.1) is 0 Å². The van der Waals surface area contributed by atoms with E-state index in [0.717, 1.165) is 11.1 Å². The van der Waals surface area contributed by atoms with E-state index in [-0.39, 0.29) is 29.5 Å². The Morgan fingerprint density at radius 2 is 1.75 bits per heavy atom. The van der Waals surface area contributed by atoms with E-state index in [0.29, 0.717) is 30.9 Å². The van der Waals surface area contributed by atoms with Crippen molar-refractivity contribution in [2.75, 3.05) is 20.2 Å². The summed E-state index contributed by atoms with van der Waals surface area (Å²) in [6.07, 6.45) is 0. The lowest BCUT2D eigenvalue weighted by Gasteiger charge is -2.18. The number of likely N-dealkylation sites (tertiary alicyclic amines) is 1. The number of halogens is 1. The molecule has 0 spiro atoms. The van der Waals surface area contributed by atoms with Crippen molar-refractivity contribution in [2.45, 2.75) is 12.5 Å².